The number of nitrogens with zero attached hydrogens (tertiary/aromatic N) is 1. The van der Waals surface area contributed by atoms with Crippen LogP contribution < -0.4 is 5.32 Å². The minimum atomic E-state index is -0.533. The molecule has 1 fully saturated rings. The van der Waals surface area contributed by atoms with E-state index in [2.05, 4.69) is 21.2 Å². The van der Waals surface area contributed by atoms with E-state index in [1.54, 1.807) is 12.1 Å². The van der Waals surface area contributed by atoms with Crippen molar-refractivity contribution in [2.24, 2.45) is 5.92 Å². The number of hydrogen-bond donors (Lipinski definition) is 1. The molecule has 1 unspecified atom stereocenters. The highest BCUT2D eigenvalue weighted by Crippen LogP contribution is 2.21. The zero-order chi connectivity index (χ0) is 15.6. The van der Waals surface area contributed by atoms with Crippen LogP contribution in [0.4, 0.5) is 4.39 Å². The van der Waals surface area contributed by atoms with E-state index in [9.17, 15) is 14.0 Å². The van der Waals surface area contributed by atoms with Crippen LogP contribution in [0.25, 0.3) is 0 Å². The maximum Gasteiger partial charge on any atom is 0.243 e. The fraction of sp³-hybridized carbons (Fsp3) is 0.467. The Bertz CT molecular complexity index is 563. The van der Waals surface area contributed by atoms with Gasteiger partial charge in [-0.3, -0.25) is 9.59 Å². The summed E-state index contributed by atoms with van der Waals surface area (Å²) in [4.78, 5) is 25.6. The zero-order valence-corrected chi connectivity index (χ0v) is 13.6. The normalized spacial score (nSPS) is 19.1. The lowest BCUT2D eigenvalue weighted by Gasteiger charge is -2.36. The van der Waals surface area contributed by atoms with Gasteiger partial charge in [0.15, 0.2) is 0 Å². The summed E-state index contributed by atoms with van der Waals surface area (Å²) in [5.41, 5.74) is 0.412. The molecule has 1 N–H and O–H groups in total. The summed E-state index contributed by atoms with van der Waals surface area (Å²) in [5.74, 6) is -0.459. The number of rotatable bonds is 4. The zero-order valence-electron chi connectivity index (χ0n) is 12.0. The van der Waals surface area contributed by atoms with E-state index >= 15 is 0 Å². The van der Waals surface area contributed by atoms with Gasteiger partial charge in [-0.05, 0) is 24.5 Å². The lowest BCUT2D eigenvalue weighted by atomic mass is 9.99. The third-order valence-corrected chi connectivity index (χ3v) is 3.96. The monoisotopic (exact) mass is 356 g/mol. The van der Waals surface area contributed by atoms with Gasteiger partial charge in [0.1, 0.15) is 11.9 Å². The van der Waals surface area contributed by atoms with Crippen molar-refractivity contribution in [1.29, 1.82) is 0 Å². The lowest BCUT2D eigenvalue weighted by molar-refractivity contribution is -0.146. The van der Waals surface area contributed by atoms with Gasteiger partial charge in [-0.2, -0.15) is 0 Å². The Morgan fingerprint density at radius 2 is 2.14 bits per heavy atom. The van der Waals surface area contributed by atoms with Crippen LogP contribution in [0.1, 0.15) is 25.8 Å². The number of nitrogens with one attached hydrogen (secondary N) is 1. The molecule has 1 heterocycles. The lowest BCUT2D eigenvalue weighted by Crippen LogP contribution is -2.58. The molecule has 6 heteroatoms. The molecule has 0 saturated carbocycles. The first kappa shape index (κ1) is 15.9. The van der Waals surface area contributed by atoms with Crippen molar-refractivity contribution in [2.75, 3.05) is 6.54 Å². The molecule has 114 valence electrons. The molecule has 21 heavy (non-hydrogen) atoms. The minimum absolute atomic E-state index is 0.0222. The van der Waals surface area contributed by atoms with Crippen LogP contribution >= 0.6 is 15.9 Å². The van der Waals surface area contributed by atoms with Crippen LogP contribution in [0.5, 0.6) is 0 Å². The summed E-state index contributed by atoms with van der Waals surface area (Å²) in [6, 6.07) is 4.19. The average Bonchev–Trinajstić information content (AvgIpc) is 2.40. The Labute approximate surface area is 131 Å². The van der Waals surface area contributed by atoms with E-state index in [1.165, 1.54) is 11.0 Å². The van der Waals surface area contributed by atoms with Gasteiger partial charge in [-0.25, -0.2) is 4.39 Å². The summed E-state index contributed by atoms with van der Waals surface area (Å²) >= 11 is 3.20. The molecule has 1 aromatic rings. The van der Waals surface area contributed by atoms with Gasteiger partial charge in [0.25, 0.3) is 0 Å². The summed E-state index contributed by atoms with van der Waals surface area (Å²) in [7, 11) is 0. The molecule has 1 atom stereocenters. The third kappa shape index (κ3) is 3.81. The number of piperazine rings is 1. The van der Waals surface area contributed by atoms with Crippen LogP contribution in [0.3, 0.4) is 0 Å². The van der Waals surface area contributed by atoms with E-state index in [-0.39, 0.29) is 36.6 Å². The van der Waals surface area contributed by atoms with Crippen molar-refractivity contribution in [3.8, 4) is 0 Å². The van der Waals surface area contributed by atoms with E-state index in [1.807, 2.05) is 13.8 Å². The van der Waals surface area contributed by atoms with E-state index in [0.29, 0.717) is 16.5 Å². The number of carbonyl (C=O) groups is 2. The minimum Gasteiger partial charge on any atom is -0.345 e. The molecule has 2 amide bonds. The Balaban J connectivity index is 2.24. The first-order chi connectivity index (χ1) is 9.88. The number of halogens is 2. The summed E-state index contributed by atoms with van der Waals surface area (Å²) in [6.07, 6.45) is 0.565. The molecule has 0 aromatic heterocycles. The number of carbonyl (C=O) groups excluding carboxylic acids is 2. The van der Waals surface area contributed by atoms with Gasteiger partial charge < -0.3 is 10.2 Å². The molecule has 2 rings (SSSR count). The number of hydrogen-bond acceptors (Lipinski definition) is 2. The summed E-state index contributed by atoms with van der Waals surface area (Å²) in [5, 5.41) is 2.60. The van der Waals surface area contributed by atoms with Crippen LogP contribution in [0, 0.1) is 11.7 Å². The molecule has 1 saturated heterocycles. The van der Waals surface area contributed by atoms with Gasteiger partial charge in [0.05, 0.1) is 6.54 Å². The summed E-state index contributed by atoms with van der Waals surface area (Å²) < 4.78 is 14.6. The van der Waals surface area contributed by atoms with E-state index in [0.717, 1.165) is 0 Å². The fourth-order valence-corrected chi connectivity index (χ4v) is 2.74. The second kappa shape index (κ2) is 6.56. The number of benzene rings is 1. The first-order valence-corrected chi connectivity index (χ1v) is 7.69. The van der Waals surface area contributed by atoms with Crippen molar-refractivity contribution < 1.29 is 14.0 Å². The summed E-state index contributed by atoms with van der Waals surface area (Å²) in [6.45, 7) is 4.07. The van der Waals surface area contributed by atoms with Crippen molar-refractivity contribution in [2.45, 2.75) is 32.9 Å². The van der Waals surface area contributed by atoms with Gasteiger partial charge in [0, 0.05) is 16.6 Å². The molecule has 4 nitrogen and oxygen atoms in total. The second-order valence-corrected chi connectivity index (χ2v) is 6.54. The van der Waals surface area contributed by atoms with E-state index in [4.69, 9.17) is 0 Å². The molecular weight excluding hydrogens is 339 g/mol. The Morgan fingerprint density at radius 1 is 1.43 bits per heavy atom. The SMILES string of the molecule is CC(C)CC1C(=O)NCC(=O)N1Cc1ccc(Br)cc1F. The molecule has 0 spiro atoms. The molecule has 1 aliphatic rings. The fourth-order valence-electron chi connectivity index (χ4n) is 2.41. The van der Waals surface area contributed by atoms with Crippen molar-refractivity contribution in [3.63, 3.8) is 0 Å². The van der Waals surface area contributed by atoms with Crippen molar-refractivity contribution in [1.82, 2.24) is 10.2 Å². The molecule has 0 aliphatic carbocycles. The van der Waals surface area contributed by atoms with Gasteiger partial charge in [0.2, 0.25) is 11.8 Å². The van der Waals surface area contributed by atoms with Crippen LogP contribution in [-0.4, -0.2) is 29.3 Å². The second-order valence-electron chi connectivity index (χ2n) is 5.62. The van der Waals surface area contributed by atoms with Gasteiger partial charge >= 0.3 is 0 Å². The predicted octanol–water partition coefficient (Wildman–Crippen LogP) is 2.46. The Hall–Kier alpha value is -1.43. The maximum absolute atomic E-state index is 14.0. The average molecular weight is 357 g/mol. The van der Waals surface area contributed by atoms with Gasteiger partial charge in [-0.1, -0.05) is 35.8 Å². The van der Waals surface area contributed by atoms with Crippen LogP contribution in [0.2, 0.25) is 0 Å². The highest BCUT2D eigenvalue weighted by atomic mass is 79.9. The maximum atomic E-state index is 14.0. The third-order valence-electron chi connectivity index (χ3n) is 3.46. The quantitative estimate of drug-likeness (QED) is 0.900. The van der Waals surface area contributed by atoms with E-state index < -0.39 is 6.04 Å². The topological polar surface area (TPSA) is 49.4 Å². The number of amides is 2. The Kier molecular flexibility index (Phi) is 4.98. The highest BCUT2D eigenvalue weighted by Gasteiger charge is 2.35. The molecule has 1 aromatic carbocycles. The Morgan fingerprint density at radius 3 is 2.76 bits per heavy atom. The van der Waals surface area contributed by atoms with Crippen LogP contribution in [-0.2, 0) is 16.1 Å². The standard InChI is InChI=1S/C15H18BrFN2O2/c1-9(2)5-13-15(21)18-7-14(20)19(13)8-10-3-4-11(16)6-12(10)17/h3-4,6,9,13H,5,7-8H2,1-2H3,(H,18,21). The predicted molar refractivity (Wildman–Crippen MR) is 80.9 cm³/mol. The smallest absolute Gasteiger partial charge is 0.243 e. The molecule has 0 bridgehead atoms. The van der Waals surface area contributed by atoms with Crippen molar-refractivity contribution in [3.05, 3.63) is 34.1 Å². The highest BCUT2D eigenvalue weighted by molar-refractivity contribution is 9.10. The van der Waals surface area contributed by atoms with Crippen molar-refractivity contribution >= 4 is 27.7 Å². The molecule has 0 radical (unpaired) electrons. The molecule has 1 aliphatic heterocycles. The molecular formula is C15H18BrFN2O2. The van der Waals surface area contributed by atoms with Gasteiger partial charge in [-0.15, -0.1) is 0 Å². The first-order valence-electron chi connectivity index (χ1n) is 6.89. The van der Waals surface area contributed by atoms with Crippen LogP contribution in [0.15, 0.2) is 22.7 Å². The largest absolute Gasteiger partial charge is 0.345 e.